The van der Waals surface area contributed by atoms with Crippen LogP contribution in [0, 0.1) is 11.8 Å². The van der Waals surface area contributed by atoms with Gasteiger partial charge in [-0.05, 0) is 30.2 Å². The van der Waals surface area contributed by atoms with Crippen LogP contribution in [-0.2, 0) is 14.3 Å². The molecule has 0 unspecified atom stereocenters. The second kappa shape index (κ2) is 8.30. The minimum Gasteiger partial charge on any atom is -0.385 e. The molecule has 0 bridgehead atoms. The van der Waals surface area contributed by atoms with E-state index in [0.29, 0.717) is 25.1 Å². The zero-order chi connectivity index (χ0) is 22.4. The third-order valence-corrected chi connectivity index (χ3v) is 7.11. The molecule has 6 nitrogen and oxygen atoms in total. The van der Waals surface area contributed by atoms with Gasteiger partial charge in [0.05, 0.1) is 17.9 Å². The molecule has 2 aromatic carbocycles. The van der Waals surface area contributed by atoms with Crippen molar-refractivity contribution in [3.05, 3.63) is 70.2 Å². The van der Waals surface area contributed by atoms with Crippen LogP contribution < -0.4 is 4.90 Å². The first-order chi connectivity index (χ1) is 15.5. The Hall–Kier alpha value is -2.77. The number of ether oxygens (including phenoxy) is 1. The number of imide groups is 1. The van der Waals surface area contributed by atoms with Crippen molar-refractivity contribution in [1.82, 2.24) is 4.90 Å². The largest absolute Gasteiger partial charge is 0.385 e. The third-order valence-electron chi connectivity index (χ3n) is 6.62. The van der Waals surface area contributed by atoms with E-state index in [0.717, 1.165) is 15.7 Å². The Morgan fingerprint density at radius 2 is 1.81 bits per heavy atom. The highest BCUT2D eigenvalue weighted by Crippen LogP contribution is 2.49. The molecule has 3 aliphatic heterocycles. The number of likely N-dealkylation sites (tertiary alicyclic amines) is 1. The molecule has 0 aliphatic carbocycles. The van der Waals surface area contributed by atoms with Gasteiger partial charge in [0, 0.05) is 36.0 Å². The first kappa shape index (κ1) is 21.1. The minimum atomic E-state index is -0.735. The Labute approximate surface area is 195 Å². The maximum absolute atomic E-state index is 13.8. The lowest BCUT2D eigenvalue weighted by atomic mass is 9.86. The van der Waals surface area contributed by atoms with Crippen molar-refractivity contribution >= 4 is 45.3 Å². The normalized spacial score (nSPS) is 25.7. The molecule has 0 radical (unpaired) electrons. The predicted octanol–water partition coefficient (Wildman–Crippen LogP) is 3.55. The second-order valence-corrected chi connectivity index (χ2v) is 9.28. The average molecular weight is 495 g/mol. The smallest absolute Gasteiger partial charge is 0.235 e. The van der Waals surface area contributed by atoms with Crippen LogP contribution in [0.5, 0.6) is 0 Å². The van der Waals surface area contributed by atoms with Crippen LogP contribution in [0.15, 0.2) is 59.1 Å². The highest BCUT2D eigenvalue weighted by molar-refractivity contribution is 9.10. The van der Waals surface area contributed by atoms with Crippen molar-refractivity contribution in [1.29, 1.82) is 0 Å². The SMILES string of the molecule is COCCCN1C(=O)[C@@H]2[C@H](C1=O)[C@@H](C(=O)c1ccccc1)N1c3ccc(Br)cc3C=C[C@@H]21. The van der Waals surface area contributed by atoms with Crippen LogP contribution in [0.2, 0.25) is 0 Å². The maximum atomic E-state index is 13.8. The Balaban J connectivity index is 1.59. The number of benzene rings is 2. The molecule has 2 saturated heterocycles. The van der Waals surface area contributed by atoms with Gasteiger partial charge in [-0.1, -0.05) is 58.4 Å². The molecule has 0 spiro atoms. The molecule has 2 aromatic rings. The van der Waals surface area contributed by atoms with E-state index in [2.05, 4.69) is 15.9 Å². The summed E-state index contributed by atoms with van der Waals surface area (Å²) in [7, 11) is 1.59. The predicted molar refractivity (Wildman–Crippen MR) is 124 cm³/mol. The monoisotopic (exact) mass is 494 g/mol. The summed E-state index contributed by atoms with van der Waals surface area (Å²) in [6.07, 6.45) is 4.53. The molecule has 164 valence electrons. The van der Waals surface area contributed by atoms with E-state index in [9.17, 15) is 14.4 Å². The summed E-state index contributed by atoms with van der Waals surface area (Å²) in [4.78, 5) is 44.0. The number of hydrogen-bond donors (Lipinski definition) is 0. The van der Waals surface area contributed by atoms with E-state index in [1.165, 1.54) is 4.90 Å². The summed E-state index contributed by atoms with van der Waals surface area (Å²) in [5.41, 5.74) is 2.37. The number of Topliss-reactive ketones (excluding diaryl/α,β-unsaturated/α-hetero) is 1. The van der Waals surface area contributed by atoms with Crippen molar-refractivity contribution in [2.75, 3.05) is 25.2 Å². The van der Waals surface area contributed by atoms with E-state index in [4.69, 9.17) is 4.74 Å². The van der Waals surface area contributed by atoms with Gasteiger partial charge in [0.1, 0.15) is 6.04 Å². The number of carbonyl (C=O) groups excluding carboxylic acids is 3. The standard InChI is InChI=1S/C25H23BrN2O4/c1-32-13-5-12-27-24(30)20-19-10-8-16-14-17(26)9-11-18(16)28(19)22(21(20)25(27)31)23(29)15-6-3-2-4-7-15/h2-4,6-11,14,19-22H,5,12-13H2,1H3/t19-,20-,21-,22-/m0/s1. The number of hydrogen-bond acceptors (Lipinski definition) is 5. The van der Waals surface area contributed by atoms with Crippen molar-refractivity contribution < 1.29 is 19.1 Å². The summed E-state index contributed by atoms with van der Waals surface area (Å²) in [6.45, 7) is 0.779. The number of halogens is 1. The van der Waals surface area contributed by atoms with Crippen LogP contribution in [0.1, 0.15) is 22.3 Å². The van der Waals surface area contributed by atoms with E-state index < -0.39 is 17.9 Å². The minimum absolute atomic E-state index is 0.132. The van der Waals surface area contributed by atoms with Gasteiger partial charge < -0.3 is 9.64 Å². The average Bonchev–Trinajstić information content (AvgIpc) is 3.27. The fraction of sp³-hybridized carbons (Fsp3) is 0.320. The van der Waals surface area contributed by atoms with Crippen LogP contribution in [0.3, 0.4) is 0 Å². The number of methoxy groups -OCH3 is 1. The Bertz CT molecular complexity index is 1120. The van der Waals surface area contributed by atoms with Gasteiger partial charge in [-0.15, -0.1) is 0 Å². The molecule has 3 aliphatic rings. The van der Waals surface area contributed by atoms with E-state index >= 15 is 0 Å². The molecule has 0 saturated carbocycles. The maximum Gasteiger partial charge on any atom is 0.235 e. The van der Waals surface area contributed by atoms with Crippen LogP contribution >= 0.6 is 15.9 Å². The van der Waals surface area contributed by atoms with Gasteiger partial charge in [0.15, 0.2) is 5.78 Å². The van der Waals surface area contributed by atoms with E-state index in [1.807, 2.05) is 53.5 Å². The van der Waals surface area contributed by atoms with Gasteiger partial charge in [-0.2, -0.15) is 0 Å². The van der Waals surface area contributed by atoms with Gasteiger partial charge in [0.2, 0.25) is 11.8 Å². The lowest BCUT2D eigenvalue weighted by molar-refractivity contribution is -0.140. The fourth-order valence-corrected chi connectivity index (χ4v) is 5.65. The summed E-state index contributed by atoms with van der Waals surface area (Å²) >= 11 is 3.50. The molecule has 7 heteroatoms. The second-order valence-electron chi connectivity index (χ2n) is 8.36. The number of amides is 2. The number of ketones is 1. The summed E-state index contributed by atoms with van der Waals surface area (Å²) in [5.74, 6) is -1.86. The van der Waals surface area contributed by atoms with Gasteiger partial charge in [0.25, 0.3) is 0 Å². The molecule has 2 fully saturated rings. The number of rotatable bonds is 6. The van der Waals surface area contributed by atoms with Crippen LogP contribution in [-0.4, -0.2) is 54.8 Å². The topological polar surface area (TPSA) is 66.9 Å². The lowest BCUT2D eigenvalue weighted by Crippen LogP contribution is -2.48. The number of nitrogens with zero attached hydrogens (tertiary/aromatic N) is 2. The summed E-state index contributed by atoms with van der Waals surface area (Å²) in [5, 5.41) is 0. The van der Waals surface area contributed by atoms with Crippen LogP contribution in [0.4, 0.5) is 5.69 Å². The number of carbonyl (C=O) groups is 3. The Kier molecular flexibility index (Phi) is 5.47. The van der Waals surface area contributed by atoms with Gasteiger partial charge in [-0.25, -0.2) is 0 Å². The first-order valence-electron chi connectivity index (χ1n) is 10.7. The van der Waals surface area contributed by atoms with E-state index in [-0.39, 0.29) is 23.6 Å². The zero-order valence-electron chi connectivity index (χ0n) is 17.6. The molecular weight excluding hydrogens is 472 g/mol. The highest BCUT2D eigenvalue weighted by Gasteiger charge is 2.63. The molecular formula is C25H23BrN2O4. The van der Waals surface area contributed by atoms with Crippen molar-refractivity contribution in [3.63, 3.8) is 0 Å². The van der Waals surface area contributed by atoms with Gasteiger partial charge in [-0.3, -0.25) is 19.3 Å². The fourth-order valence-electron chi connectivity index (χ4n) is 5.27. The van der Waals surface area contributed by atoms with Crippen molar-refractivity contribution in [2.24, 2.45) is 11.8 Å². The molecule has 2 amide bonds. The Morgan fingerprint density at radius 1 is 1.06 bits per heavy atom. The summed E-state index contributed by atoms with van der Waals surface area (Å²) in [6, 6.07) is 13.8. The highest BCUT2D eigenvalue weighted by atomic mass is 79.9. The Morgan fingerprint density at radius 3 is 2.56 bits per heavy atom. The van der Waals surface area contributed by atoms with Gasteiger partial charge >= 0.3 is 0 Å². The quantitative estimate of drug-likeness (QED) is 0.349. The molecule has 32 heavy (non-hydrogen) atoms. The third kappa shape index (κ3) is 3.22. The molecule has 0 N–H and O–H groups in total. The summed E-state index contributed by atoms with van der Waals surface area (Å²) < 4.78 is 6.02. The molecule has 0 aromatic heterocycles. The molecule has 3 heterocycles. The molecule has 5 rings (SSSR count). The van der Waals surface area contributed by atoms with Crippen molar-refractivity contribution in [2.45, 2.75) is 18.5 Å². The van der Waals surface area contributed by atoms with Crippen LogP contribution in [0.25, 0.3) is 6.08 Å². The van der Waals surface area contributed by atoms with E-state index in [1.54, 1.807) is 19.2 Å². The molecule has 4 atom stereocenters. The number of fused-ring (bicyclic) bond motifs is 5. The first-order valence-corrected chi connectivity index (χ1v) is 11.5. The lowest BCUT2D eigenvalue weighted by Gasteiger charge is -2.36. The number of anilines is 1. The van der Waals surface area contributed by atoms with Crippen molar-refractivity contribution in [3.8, 4) is 0 Å². The zero-order valence-corrected chi connectivity index (χ0v) is 19.2.